The van der Waals surface area contributed by atoms with E-state index in [-0.39, 0.29) is 13.2 Å². The molecule has 3 heteroatoms. The summed E-state index contributed by atoms with van der Waals surface area (Å²) in [7, 11) is 0. The minimum Gasteiger partial charge on any atom is -0.394 e. The SMILES string of the molecule is C=CC.C=CC.CCCNCCC.OCCO. The van der Waals surface area contributed by atoms with Crippen LogP contribution in [0.25, 0.3) is 0 Å². The van der Waals surface area contributed by atoms with E-state index < -0.39 is 0 Å². The Labute approximate surface area is 108 Å². The molecule has 0 aromatic carbocycles. The molecule has 106 valence electrons. The molecule has 0 spiro atoms. The molecule has 3 nitrogen and oxygen atoms in total. The van der Waals surface area contributed by atoms with Crippen molar-refractivity contribution >= 4 is 0 Å². The van der Waals surface area contributed by atoms with Gasteiger partial charge in [0.1, 0.15) is 0 Å². The third-order valence-corrected chi connectivity index (χ3v) is 0.954. The third kappa shape index (κ3) is 144. The van der Waals surface area contributed by atoms with Crippen molar-refractivity contribution in [2.75, 3.05) is 26.3 Å². The average Bonchev–Trinajstić information content (AvgIpc) is 2.32. The van der Waals surface area contributed by atoms with E-state index in [1.54, 1.807) is 12.2 Å². The highest BCUT2D eigenvalue weighted by molar-refractivity contribution is 4.52. The van der Waals surface area contributed by atoms with Crippen molar-refractivity contribution in [3.8, 4) is 0 Å². The first kappa shape index (κ1) is 25.3. The molecule has 0 rings (SSSR count). The van der Waals surface area contributed by atoms with Crippen molar-refractivity contribution in [2.24, 2.45) is 0 Å². The van der Waals surface area contributed by atoms with Crippen molar-refractivity contribution in [1.82, 2.24) is 5.32 Å². The molecule has 0 atom stereocenters. The summed E-state index contributed by atoms with van der Waals surface area (Å²) in [5.74, 6) is 0. The van der Waals surface area contributed by atoms with Gasteiger partial charge in [0, 0.05) is 0 Å². The molecular weight excluding hydrogens is 214 g/mol. The second-order valence-electron chi connectivity index (χ2n) is 3.01. The van der Waals surface area contributed by atoms with Crippen molar-refractivity contribution in [3.63, 3.8) is 0 Å². The Morgan fingerprint density at radius 3 is 1.24 bits per heavy atom. The van der Waals surface area contributed by atoms with Crippen LogP contribution in [0.5, 0.6) is 0 Å². The topological polar surface area (TPSA) is 52.5 Å². The van der Waals surface area contributed by atoms with Gasteiger partial charge >= 0.3 is 0 Å². The summed E-state index contributed by atoms with van der Waals surface area (Å²) in [6.45, 7) is 17.0. The number of aliphatic hydroxyl groups excluding tert-OH is 2. The second-order valence-corrected chi connectivity index (χ2v) is 3.01. The lowest BCUT2D eigenvalue weighted by atomic mass is 10.4. The van der Waals surface area contributed by atoms with Crippen LogP contribution < -0.4 is 5.32 Å². The Hall–Kier alpha value is -0.640. The largest absolute Gasteiger partial charge is 0.394 e. The number of rotatable bonds is 5. The minimum absolute atomic E-state index is 0.125. The van der Waals surface area contributed by atoms with E-state index in [1.165, 1.54) is 25.9 Å². The van der Waals surface area contributed by atoms with E-state index in [0.29, 0.717) is 0 Å². The Morgan fingerprint density at radius 2 is 1.12 bits per heavy atom. The quantitative estimate of drug-likeness (QED) is 0.517. The summed E-state index contributed by atoms with van der Waals surface area (Å²) in [5.41, 5.74) is 0. The van der Waals surface area contributed by atoms with Gasteiger partial charge in [-0.15, -0.1) is 13.2 Å². The predicted molar refractivity (Wildman–Crippen MR) is 79.4 cm³/mol. The molecule has 0 fully saturated rings. The zero-order chi connectivity index (χ0) is 14.4. The van der Waals surface area contributed by atoms with Gasteiger partial charge < -0.3 is 15.5 Å². The molecule has 0 saturated carbocycles. The summed E-state index contributed by atoms with van der Waals surface area (Å²) in [5, 5.41) is 18.5. The van der Waals surface area contributed by atoms with Crippen LogP contribution in [-0.4, -0.2) is 36.5 Å². The van der Waals surface area contributed by atoms with Crippen LogP contribution in [0, 0.1) is 0 Å². The van der Waals surface area contributed by atoms with Crippen LogP contribution in [0.4, 0.5) is 0 Å². The van der Waals surface area contributed by atoms with Gasteiger partial charge in [-0.2, -0.15) is 0 Å². The number of nitrogens with one attached hydrogen (secondary N) is 1. The van der Waals surface area contributed by atoms with Gasteiger partial charge in [-0.25, -0.2) is 0 Å². The molecular formula is C14H33NO2. The zero-order valence-electron chi connectivity index (χ0n) is 12.2. The number of hydrogen-bond acceptors (Lipinski definition) is 3. The smallest absolute Gasteiger partial charge is 0.0662 e. The van der Waals surface area contributed by atoms with Crippen molar-refractivity contribution in [1.29, 1.82) is 0 Å². The molecule has 3 N–H and O–H groups in total. The molecule has 0 bridgehead atoms. The zero-order valence-corrected chi connectivity index (χ0v) is 12.2. The molecule has 0 amide bonds. The first-order valence-corrected chi connectivity index (χ1v) is 6.22. The van der Waals surface area contributed by atoms with Crippen molar-refractivity contribution in [3.05, 3.63) is 25.3 Å². The third-order valence-electron chi connectivity index (χ3n) is 0.954. The Balaban J connectivity index is -0.0000000726. The molecule has 0 radical (unpaired) electrons. The lowest BCUT2D eigenvalue weighted by Gasteiger charge is -1.95. The van der Waals surface area contributed by atoms with E-state index in [2.05, 4.69) is 32.3 Å². The first-order valence-electron chi connectivity index (χ1n) is 6.22. The highest BCUT2D eigenvalue weighted by Gasteiger charge is 1.76. The number of aliphatic hydroxyl groups is 2. The Kier molecular flexibility index (Phi) is 67.4. The molecule has 17 heavy (non-hydrogen) atoms. The molecule has 0 aromatic rings. The summed E-state index contributed by atoms with van der Waals surface area (Å²) in [4.78, 5) is 0. The van der Waals surface area contributed by atoms with Crippen LogP contribution in [0.15, 0.2) is 25.3 Å². The van der Waals surface area contributed by atoms with Gasteiger partial charge in [0.25, 0.3) is 0 Å². The second kappa shape index (κ2) is 45.3. The average molecular weight is 247 g/mol. The van der Waals surface area contributed by atoms with E-state index in [1.807, 2.05) is 13.8 Å². The standard InChI is InChI=1S/C6H15N.2C3H6.C2H6O2/c1-3-5-7-6-4-2;2*1-3-2;3-1-2-4/h7H,3-6H2,1-2H3;2*3H,1H2,2H3;3-4H,1-2H2. The fraction of sp³-hybridized carbons (Fsp3) is 0.714. The molecule has 0 aromatic heterocycles. The van der Waals surface area contributed by atoms with E-state index in [9.17, 15) is 0 Å². The maximum Gasteiger partial charge on any atom is 0.0662 e. The van der Waals surface area contributed by atoms with Crippen LogP contribution in [-0.2, 0) is 0 Å². The molecule has 0 aliphatic carbocycles. The van der Waals surface area contributed by atoms with Gasteiger partial charge in [-0.1, -0.05) is 26.0 Å². The lowest BCUT2D eigenvalue weighted by molar-refractivity contribution is 0.186. The van der Waals surface area contributed by atoms with Gasteiger partial charge in [0.2, 0.25) is 0 Å². The number of allylic oxidation sites excluding steroid dienone is 2. The van der Waals surface area contributed by atoms with Crippen molar-refractivity contribution in [2.45, 2.75) is 40.5 Å². The fourth-order valence-electron chi connectivity index (χ4n) is 0.479. The van der Waals surface area contributed by atoms with E-state index >= 15 is 0 Å². The normalized spacial score (nSPS) is 7.18. The van der Waals surface area contributed by atoms with Crippen molar-refractivity contribution < 1.29 is 10.2 Å². The van der Waals surface area contributed by atoms with Gasteiger partial charge in [-0.05, 0) is 39.8 Å². The molecule has 0 aliphatic rings. The lowest BCUT2D eigenvalue weighted by Crippen LogP contribution is -2.14. The summed E-state index contributed by atoms with van der Waals surface area (Å²) in [6.07, 6.45) is 6.00. The predicted octanol–water partition coefficient (Wildman–Crippen LogP) is 2.75. The Bertz CT molecular complexity index is 94.4. The Morgan fingerprint density at radius 1 is 0.882 bits per heavy atom. The summed E-state index contributed by atoms with van der Waals surface area (Å²) < 4.78 is 0. The van der Waals surface area contributed by atoms with Gasteiger partial charge in [0.15, 0.2) is 0 Å². The van der Waals surface area contributed by atoms with Crippen LogP contribution in [0.3, 0.4) is 0 Å². The molecule has 0 saturated heterocycles. The minimum atomic E-state index is -0.125. The van der Waals surface area contributed by atoms with Gasteiger partial charge in [0.05, 0.1) is 13.2 Å². The highest BCUT2D eigenvalue weighted by Crippen LogP contribution is 1.71. The van der Waals surface area contributed by atoms with Crippen LogP contribution in [0.1, 0.15) is 40.5 Å². The van der Waals surface area contributed by atoms with E-state index in [0.717, 1.165) is 0 Å². The van der Waals surface area contributed by atoms with Crippen LogP contribution >= 0.6 is 0 Å². The molecule has 0 heterocycles. The molecule has 0 unspecified atom stereocenters. The highest BCUT2D eigenvalue weighted by atomic mass is 16.3. The monoisotopic (exact) mass is 247 g/mol. The van der Waals surface area contributed by atoms with E-state index in [4.69, 9.17) is 10.2 Å². The molecule has 0 aliphatic heterocycles. The first-order chi connectivity index (χ1) is 8.16. The fourth-order valence-corrected chi connectivity index (χ4v) is 0.479. The van der Waals surface area contributed by atoms with Gasteiger partial charge in [-0.3, -0.25) is 0 Å². The maximum atomic E-state index is 7.62. The van der Waals surface area contributed by atoms with Crippen LogP contribution in [0.2, 0.25) is 0 Å². The summed E-state index contributed by atoms with van der Waals surface area (Å²) in [6, 6.07) is 0. The summed E-state index contributed by atoms with van der Waals surface area (Å²) >= 11 is 0. The maximum absolute atomic E-state index is 7.62. The number of hydrogen-bond donors (Lipinski definition) is 3.